The van der Waals surface area contributed by atoms with Gasteiger partial charge in [0.25, 0.3) is 0 Å². The number of nitrogens with one attached hydrogen (secondary N) is 1. The van der Waals surface area contributed by atoms with E-state index in [4.69, 9.17) is 0 Å². The summed E-state index contributed by atoms with van der Waals surface area (Å²) in [6, 6.07) is 10.6. The maximum atomic E-state index is 13.0. The fraction of sp³-hybridized carbons (Fsp3) is 0.300. The van der Waals surface area contributed by atoms with E-state index in [0.717, 1.165) is 0 Å². The van der Waals surface area contributed by atoms with Gasteiger partial charge in [0.15, 0.2) is 5.13 Å². The molecule has 0 aliphatic carbocycles. The quantitative estimate of drug-likeness (QED) is 0.649. The van der Waals surface area contributed by atoms with Gasteiger partial charge in [0, 0.05) is 26.2 Å². The largest absolute Gasteiger partial charge is 0.304 e. The third kappa shape index (κ3) is 4.51. The molecule has 1 saturated heterocycles. The maximum Gasteiger partial charge on any atom is 0.243 e. The Bertz CT molecular complexity index is 1170. The zero-order chi connectivity index (χ0) is 21.3. The molecular weight excluding hydrogens is 427 g/mol. The van der Waals surface area contributed by atoms with E-state index in [1.54, 1.807) is 30.3 Å². The van der Waals surface area contributed by atoms with Gasteiger partial charge in [0.05, 0.1) is 21.5 Å². The van der Waals surface area contributed by atoms with E-state index in [0.29, 0.717) is 47.1 Å². The molecule has 0 saturated carbocycles. The topological polar surface area (TPSA) is 82.6 Å². The van der Waals surface area contributed by atoms with E-state index >= 15 is 0 Å². The van der Waals surface area contributed by atoms with Crippen molar-refractivity contribution in [2.75, 3.05) is 38.5 Å². The second kappa shape index (κ2) is 8.38. The fourth-order valence-corrected chi connectivity index (χ4v) is 5.69. The zero-order valence-corrected chi connectivity index (χ0v) is 18.0. The van der Waals surface area contributed by atoms with Crippen molar-refractivity contribution in [3.8, 4) is 0 Å². The Morgan fingerprint density at radius 3 is 2.53 bits per heavy atom. The van der Waals surface area contributed by atoms with Crippen LogP contribution in [0.3, 0.4) is 0 Å². The lowest BCUT2D eigenvalue weighted by molar-refractivity contribution is -0.115. The summed E-state index contributed by atoms with van der Waals surface area (Å²) in [5.41, 5.74) is 1.31. The number of halogens is 1. The molecule has 30 heavy (non-hydrogen) atoms. The van der Waals surface area contributed by atoms with E-state index in [9.17, 15) is 17.6 Å². The molecule has 3 aromatic rings. The standard InChI is InChI=1S/C20H21FN4O3S2/c1-24-8-10-25(11-9-24)30(27,28)16-6-7-17-18(13-16)29-20(22-17)23-19(26)12-14-2-4-15(21)5-3-14/h2-7,13H,8-12H2,1H3,(H,22,23,26). The second-order valence-electron chi connectivity index (χ2n) is 7.21. The van der Waals surface area contributed by atoms with Gasteiger partial charge < -0.3 is 10.2 Å². The Morgan fingerprint density at radius 1 is 1.13 bits per heavy atom. The number of carbonyl (C=O) groups excluding carboxylic acids is 1. The minimum absolute atomic E-state index is 0.0965. The maximum absolute atomic E-state index is 13.0. The molecule has 1 amide bonds. The third-order valence-corrected chi connectivity index (χ3v) is 7.81. The van der Waals surface area contributed by atoms with Crippen LogP contribution in [0.15, 0.2) is 47.4 Å². The average molecular weight is 449 g/mol. The van der Waals surface area contributed by atoms with E-state index in [1.807, 2.05) is 7.05 Å². The fourth-order valence-electron chi connectivity index (χ4n) is 3.25. The number of thiazole rings is 1. The lowest BCUT2D eigenvalue weighted by Gasteiger charge is -2.31. The molecule has 1 aliphatic heterocycles. The second-order valence-corrected chi connectivity index (χ2v) is 10.2. The van der Waals surface area contributed by atoms with Gasteiger partial charge >= 0.3 is 0 Å². The van der Waals surface area contributed by atoms with Gasteiger partial charge in [-0.1, -0.05) is 23.5 Å². The Morgan fingerprint density at radius 2 is 1.83 bits per heavy atom. The predicted molar refractivity (Wildman–Crippen MR) is 115 cm³/mol. The van der Waals surface area contributed by atoms with Crippen LogP contribution in [0.5, 0.6) is 0 Å². The van der Waals surface area contributed by atoms with Crippen molar-refractivity contribution in [3.05, 3.63) is 53.8 Å². The number of fused-ring (bicyclic) bond motifs is 1. The molecule has 0 spiro atoms. The molecule has 1 N–H and O–H groups in total. The molecule has 0 bridgehead atoms. The molecule has 1 aliphatic rings. The van der Waals surface area contributed by atoms with Gasteiger partial charge in [0.2, 0.25) is 15.9 Å². The van der Waals surface area contributed by atoms with Gasteiger partial charge in [0.1, 0.15) is 5.82 Å². The van der Waals surface area contributed by atoms with Crippen LogP contribution in [-0.2, 0) is 21.2 Å². The molecular formula is C20H21FN4O3S2. The summed E-state index contributed by atoms with van der Waals surface area (Å²) in [5, 5.41) is 3.12. The molecule has 0 unspecified atom stereocenters. The number of rotatable bonds is 5. The molecule has 0 atom stereocenters. The summed E-state index contributed by atoms with van der Waals surface area (Å²) in [6.07, 6.45) is 0.0965. The predicted octanol–water partition coefficient (Wildman–Crippen LogP) is 2.55. The van der Waals surface area contributed by atoms with Crippen LogP contribution in [0.25, 0.3) is 10.2 Å². The van der Waals surface area contributed by atoms with E-state index < -0.39 is 10.0 Å². The first-order chi connectivity index (χ1) is 14.3. The van der Waals surface area contributed by atoms with Gasteiger partial charge in [-0.15, -0.1) is 0 Å². The minimum atomic E-state index is -3.57. The number of amides is 1. The summed E-state index contributed by atoms with van der Waals surface area (Å²) in [7, 11) is -1.60. The Hall–Kier alpha value is -2.40. The number of piperazine rings is 1. The number of hydrogen-bond donors (Lipinski definition) is 1. The number of benzene rings is 2. The van der Waals surface area contributed by atoms with Crippen molar-refractivity contribution in [1.29, 1.82) is 0 Å². The van der Waals surface area contributed by atoms with E-state index in [2.05, 4.69) is 15.2 Å². The molecule has 1 aromatic heterocycles. The van der Waals surface area contributed by atoms with Crippen LogP contribution < -0.4 is 5.32 Å². The van der Waals surface area contributed by atoms with Crippen LogP contribution in [0.2, 0.25) is 0 Å². The molecule has 2 aromatic carbocycles. The number of hydrogen-bond acceptors (Lipinski definition) is 6. The summed E-state index contributed by atoms with van der Waals surface area (Å²) < 4.78 is 41.1. The summed E-state index contributed by atoms with van der Waals surface area (Å²) in [6.45, 7) is 2.33. The number of carbonyl (C=O) groups is 1. The van der Waals surface area contributed by atoms with Crippen molar-refractivity contribution < 1.29 is 17.6 Å². The van der Waals surface area contributed by atoms with Gasteiger partial charge in [-0.25, -0.2) is 17.8 Å². The van der Waals surface area contributed by atoms with Crippen molar-refractivity contribution >= 4 is 42.6 Å². The van der Waals surface area contributed by atoms with Crippen molar-refractivity contribution in [1.82, 2.24) is 14.2 Å². The molecule has 158 valence electrons. The molecule has 1 fully saturated rings. The Labute approximate surface area is 178 Å². The highest BCUT2D eigenvalue weighted by Gasteiger charge is 2.27. The highest BCUT2D eigenvalue weighted by molar-refractivity contribution is 7.89. The molecule has 2 heterocycles. The number of aromatic nitrogens is 1. The molecule has 10 heteroatoms. The zero-order valence-electron chi connectivity index (χ0n) is 16.3. The van der Waals surface area contributed by atoms with Crippen LogP contribution in [-0.4, -0.2) is 61.7 Å². The minimum Gasteiger partial charge on any atom is -0.304 e. The van der Waals surface area contributed by atoms with Crippen molar-refractivity contribution in [2.45, 2.75) is 11.3 Å². The lowest BCUT2D eigenvalue weighted by atomic mass is 10.1. The first-order valence-corrected chi connectivity index (χ1v) is 11.7. The smallest absolute Gasteiger partial charge is 0.243 e. The Kier molecular flexibility index (Phi) is 5.83. The van der Waals surface area contributed by atoms with Crippen LogP contribution in [0.1, 0.15) is 5.56 Å². The highest BCUT2D eigenvalue weighted by Crippen LogP contribution is 2.29. The Balaban J connectivity index is 1.49. The molecule has 7 nitrogen and oxygen atoms in total. The summed E-state index contributed by atoms with van der Waals surface area (Å²) >= 11 is 1.22. The highest BCUT2D eigenvalue weighted by atomic mass is 32.2. The summed E-state index contributed by atoms with van der Waals surface area (Å²) in [5.74, 6) is -0.626. The van der Waals surface area contributed by atoms with Gasteiger partial charge in [-0.2, -0.15) is 4.31 Å². The van der Waals surface area contributed by atoms with Crippen molar-refractivity contribution in [2.24, 2.45) is 0 Å². The van der Waals surface area contributed by atoms with Crippen LogP contribution >= 0.6 is 11.3 Å². The number of nitrogens with zero attached hydrogens (tertiary/aromatic N) is 3. The van der Waals surface area contributed by atoms with Gasteiger partial charge in [-0.3, -0.25) is 4.79 Å². The van der Waals surface area contributed by atoms with Crippen LogP contribution in [0, 0.1) is 5.82 Å². The number of anilines is 1. The number of likely N-dealkylation sites (N-methyl/N-ethyl adjacent to an activating group) is 1. The third-order valence-electron chi connectivity index (χ3n) is 4.98. The first-order valence-electron chi connectivity index (χ1n) is 9.45. The monoisotopic (exact) mass is 448 g/mol. The van der Waals surface area contributed by atoms with Crippen molar-refractivity contribution in [3.63, 3.8) is 0 Å². The van der Waals surface area contributed by atoms with Crippen LogP contribution in [0.4, 0.5) is 9.52 Å². The lowest BCUT2D eigenvalue weighted by Crippen LogP contribution is -2.46. The van der Waals surface area contributed by atoms with Gasteiger partial charge in [-0.05, 0) is 42.9 Å². The average Bonchev–Trinajstić information content (AvgIpc) is 3.11. The SMILES string of the molecule is CN1CCN(S(=O)(=O)c2ccc3nc(NC(=O)Cc4ccc(F)cc4)sc3c2)CC1. The first kappa shape index (κ1) is 20.9. The van der Waals surface area contributed by atoms with E-state index in [-0.39, 0.29) is 23.0 Å². The number of sulfonamides is 1. The normalized spacial score (nSPS) is 16.1. The van der Waals surface area contributed by atoms with E-state index in [1.165, 1.54) is 27.8 Å². The summed E-state index contributed by atoms with van der Waals surface area (Å²) in [4.78, 5) is 18.9. The molecule has 4 rings (SSSR count). The molecule has 0 radical (unpaired) electrons.